The molecule has 0 radical (unpaired) electrons. The van der Waals surface area contributed by atoms with Crippen LogP contribution in [0.4, 0.5) is 14.6 Å². The molecule has 0 aromatic carbocycles. The Hall–Kier alpha value is -1.79. The van der Waals surface area contributed by atoms with Crippen LogP contribution in [0.1, 0.15) is 19.3 Å². The zero-order valence-corrected chi connectivity index (χ0v) is 11.7. The van der Waals surface area contributed by atoms with E-state index in [2.05, 4.69) is 9.97 Å². The van der Waals surface area contributed by atoms with Gasteiger partial charge in [0.25, 0.3) is 5.92 Å². The number of carbonyl (C=O) groups is 1. The van der Waals surface area contributed by atoms with E-state index in [0.717, 1.165) is 18.8 Å². The number of amides is 1. The second-order valence-electron chi connectivity index (χ2n) is 5.68. The van der Waals surface area contributed by atoms with Crippen LogP contribution in [0.2, 0.25) is 0 Å². The highest BCUT2D eigenvalue weighted by atomic mass is 19.3. The molecule has 2 saturated heterocycles. The summed E-state index contributed by atoms with van der Waals surface area (Å²) in [7, 11) is 0. The maximum atomic E-state index is 13.1. The fourth-order valence-electron chi connectivity index (χ4n) is 2.94. The Morgan fingerprint density at radius 1 is 1.24 bits per heavy atom. The number of likely N-dealkylation sites (tertiary alicyclic amines) is 1. The molecule has 0 spiro atoms. The molecule has 0 aliphatic carbocycles. The molecule has 0 bridgehead atoms. The van der Waals surface area contributed by atoms with Gasteiger partial charge in [-0.15, -0.1) is 0 Å². The number of piperidine rings is 1. The molecular weight excluding hydrogens is 278 g/mol. The lowest BCUT2D eigenvalue weighted by Crippen LogP contribution is -2.45. The first kappa shape index (κ1) is 14.2. The molecular formula is C14H18F2N4O. The van der Waals surface area contributed by atoms with Gasteiger partial charge in [0, 0.05) is 51.4 Å². The third kappa shape index (κ3) is 3.11. The van der Waals surface area contributed by atoms with E-state index in [4.69, 9.17) is 0 Å². The van der Waals surface area contributed by atoms with Gasteiger partial charge < -0.3 is 9.80 Å². The topological polar surface area (TPSA) is 49.3 Å². The largest absolute Gasteiger partial charge is 0.355 e. The van der Waals surface area contributed by atoms with Crippen LogP contribution < -0.4 is 4.90 Å². The highest BCUT2D eigenvalue weighted by Gasteiger charge is 2.38. The van der Waals surface area contributed by atoms with Crippen molar-refractivity contribution < 1.29 is 13.6 Å². The SMILES string of the molecule is O=C(C1CCN(c2cnccn2)C1)N1CCC(F)(F)CC1. The molecule has 5 nitrogen and oxygen atoms in total. The molecule has 21 heavy (non-hydrogen) atoms. The molecule has 2 aliphatic rings. The van der Waals surface area contributed by atoms with E-state index >= 15 is 0 Å². The summed E-state index contributed by atoms with van der Waals surface area (Å²) in [5, 5.41) is 0. The zero-order chi connectivity index (χ0) is 14.9. The van der Waals surface area contributed by atoms with E-state index in [9.17, 15) is 13.6 Å². The number of anilines is 1. The van der Waals surface area contributed by atoms with Crippen LogP contribution in [-0.2, 0) is 4.79 Å². The summed E-state index contributed by atoms with van der Waals surface area (Å²) in [5.74, 6) is -1.98. The van der Waals surface area contributed by atoms with E-state index in [1.165, 1.54) is 0 Å². The first-order valence-corrected chi connectivity index (χ1v) is 7.23. The molecule has 1 amide bonds. The Morgan fingerprint density at radius 2 is 2.00 bits per heavy atom. The normalized spacial score (nSPS) is 25.1. The van der Waals surface area contributed by atoms with E-state index in [0.29, 0.717) is 6.54 Å². The van der Waals surface area contributed by atoms with Crippen molar-refractivity contribution in [2.24, 2.45) is 5.92 Å². The smallest absolute Gasteiger partial charge is 0.251 e. The van der Waals surface area contributed by atoms with E-state index < -0.39 is 5.92 Å². The Kier molecular flexibility index (Phi) is 3.73. The van der Waals surface area contributed by atoms with Crippen LogP contribution in [0.5, 0.6) is 0 Å². The molecule has 1 atom stereocenters. The van der Waals surface area contributed by atoms with Gasteiger partial charge in [0.1, 0.15) is 5.82 Å². The minimum Gasteiger partial charge on any atom is -0.355 e. The predicted molar refractivity (Wildman–Crippen MR) is 73.1 cm³/mol. The van der Waals surface area contributed by atoms with Gasteiger partial charge in [-0.05, 0) is 6.42 Å². The second kappa shape index (κ2) is 5.54. The Morgan fingerprint density at radius 3 is 2.67 bits per heavy atom. The molecule has 1 unspecified atom stereocenters. The van der Waals surface area contributed by atoms with Crippen LogP contribution in [-0.4, -0.2) is 52.9 Å². The molecule has 114 valence electrons. The van der Waals surface area contributed by atoms with E-state index in [-0.39, 0.29) is 37.8 Å². The number of hydrogen-bond donors (Lipinski definition) is 0. The minimum atomic E-state index is -2.61. The van der Waals surface area contributed by atoms with E-state index in [1.54, 1.807) is 23.5 Å². The number of rotatable bonds is 2. The van der Waals surface area contributed by atoms with Crippen molar-refractivity contribution in [2.45, 2.75) is 25.2 Å². The number of nitrogens with zero attached hydrogens (tertiary/aromatic N) is 4. The van der Waals surface area contributed by atoms with Crippen molar-refractivity contribution in [3.63, 3.8) is 0 Å². The van der Waals surface area contributed by atoms with Gasteiger partial charge in [0.05, 0.1) is 12.1 Å². The first-order valence-electron chi connectivity index (χ1n) is 7.23. The lowest BCUT2D eigenvalue weighted by Gasteiger charge is -2.33. The molecule has 3 rings (SSSR count). The quantitative estimate of drug-likeness (QED) is 0.831. The minimum absolute atomic E-state index is 0.00288. The zero-order valence-electron chi connectivity index (χ0n) is 11.7. The number of hydrogen-bond acceptors (Lipinski definition) is 4. The predicted octanol–water partition coefficient (Wildman–Crippen LogP) is 1.56. The molecule has 2 aliphatic heterocycles. The van der Waals surface area contributed by atoms with Gasteiger partial charge in [-0.2, -0.15) is 0 Å². The highest BCUT2D eigenvalue weighted by molar-refractivity contribution is 5.80. The Labute approximate surface area is 122 Å². The van der Waals surface area contributed by atoms with Crippen LogP contribution in [0.25, 0.3) is 0 Å². The number of alkyl halides is 2. The Bertz CT molecular complexity index is 501. The molecule has 7 heteroatoms. The molecule has 2 fully saturated rings. The monoisotopic (exact) mass is 296 g/mol. The van der Waals surface area contributed by atoms with Crippen LogP contribution in [0, 0.1) is 5.92 Å². The van der Waals surface area contributed by atoms with Crippen molar-refractivity contribution in [3.8, 4) is 0 Å². The molecule has 3 heterocycles. The molecule has 0 saturated carbocycles. The van der Waals surface area contributed by atoms with Gasteiger partial charge in [0.2, 0.25) is 5.91 Å². The lowest BCUT2D eigenvalue weighted by atomic mass is 10.0. The average molecular weight is 296 g/mol. The summed E-state index contributed by atoms with van der Waals surface area (Å²) in [6, 6.07) is 0. The highest BCUT2D eigenvalue weighted by Crippen LogP contribution is 2.30. The van der Waals surface area contributed by atoms with Gasteiger partial charge in [-0.1, -0.05) is 0 Å². The fraction of sp³-hybridized carbons (Fsp3) is 0.643. The van der Waals surface area contributed by atoms with E-state index in [1.807, 2.05) is 4.90 Å². The average Bonchev–Trinajstić information content (AvgIpc) is 2.97. The third-order valence-corrected chi connectivity index (χ3v) is 4.22. The summed E-state index contributed by atoms with van der Waals surface area (Å²) in [5.41, 5.74) is 0. The summed E-state index contributed by atoms with van der Waals surface area (Å²) in [6.07, 6.45) is 5.20. The number of halogens is 2. The van der Waals surface area contributed by atoms with Gasteiger partial charge in [-0.25, -0.2) is 13.8 Å². The second-order valence-corrected chi connectivity index (χ2v) is 5.68. The summed E-state index contributed by atoms with van der Waals surface area (Å²) >= 11 is 0. The van der Waals surface area contributed by atoms with Gasteiger partial charge in [0.15, 0.2) is 0 Å². The third-order valence-electron chi connectivity index (χ3n) is 4.22. The van der Waals surface area contributed by atoms with Gasteiger partial charge in [-0.3, -0.25) is 9.78 Å². The number of carbonyl (C=O) groups excluding carboxylic acids is 1. The maximum Gasteiger partial charge on any atom is 0.251 e. The summed E-state index contributed by atoms with van der Waals surface area (Å²) in [6.45, 7) is 1.66. The lowest BCUT2D eigenvalue weighted by molar-refractivity contribution is -0.140. The van der Waals surface area contributed by atoms with Crippen molar-refractivity contribution in [2.75, 3.05) is 31.1 Å². The van der Waals surface area contributed by atoms with Crippen molar-refractivity contribution >= 4 is 11.7 Å². The number of aromatic nitrogens is 2. The van der Waals surface area contributed by atoms with Crippen molar-refractivity contribution in [1.82, 2.24) is 14.9 Å². The van der Waals surface area contributed by atoms with Crippen molar-refractivity contribution in [3.05, 3.63) is 18.6 Å². The van der Waals surface area contributed by atoms with Crippen LogP contribution in [0.15, 0.2) is 18.6 Å². The Balaban J connectivity index is 1.58. The maximum absolute atomic E-state index is 13.1. The first-order chi connectivity index (χ1) is 10.1. The molecule has 0 N–H and O–H groups in total. The fourth-order valence-corrected chi connectivity index (χ4v) is 2.94. The van der Waals surface area contributed by atoms with Crippen LogP contribution >= 0.6 is 0 Å². The standard InChI is InChI=1S/C14H18F2N4O/c15-14(16)2-7-19(8-3-14)13(21)11-1-6-20(10-11)12-9-17-4-5-18-12/h4-5,9,11H,1-3,6-8,10H2. The molecule has 1 aromatic rings. The summed E-state index contributed by atoms with van der Waals surface area (Å²) in [4.78, 5) is 24.3. The molecule has 1 aromatic heterocycles. The van der Waals surface area contributed by atoms with Crippen molar-refractivity contribution in [1.29, 1.82) is 0 Å². The summed E-state index contributed by atoms with van der Waals surface area (Å²) < 4.78 is 26.3. The van der Waals surface area contributed by atoms with Crippen LogP contribution in [0.3, 0.4) is 0 Å². The van der Waals surface area contributed by atoms with Gasteiger partial charge >= 0.3 is 0 Å².